The number of carbonyl (C=O) groups excluding carboxylic acids is 2. The third-order valence-electron chi connectivity index (χ3n) is 4.30. The van der Waals surface area contributed by atoms with Crippen molar-refractivity contribution in [2.24, 2.45) is 5.10 Å². The number of aromatic hydroxyl groups is 1. The smallest absolute Gasteiger partial charge is 0.339 e. The number of para-hydroxylation sites is 1. The third kappa shape index (κ3) is 5.56. The second kappa shape index (κ2) is 9.07. The van der Waals surface area contributed by atoms with Crippen molar-refractivity contribution < 1.29 is 36.3 Å². The van der Waals surface area contributed by atoms with Crippen molar-refractivity contribution in [3.05, 3.63) is 65.2 Å². The van der Waals surface area contributed by atoms with Crippen molar-refractivity contribution in [3.63, 3.8) is 0 Å². The van der Waals surface area contributed by atoms with Crippen molar-refractivity contribution >= 4 is 17.6 Å². The summed E-state index contributed by atoms with van der Waals surface area (Å²) in [6.45, 7) is 0.249. The van der Waals surface area contributed by atoms with Crippen LogP contribution < -0.4 is 17.8 Å². The van der Waals surface area contributed by atoms with Crippen LogP contribution in [0.25, 0.3) is 0 Å². The van der Waals surface area contributed by atoms with Gasteiger partial charge in [0.05, 0.1) is 32.4 Å². The molecule has 0 aliphatic carbocycles. The Labute approximate surface area is 176 Å². The maximum Gasteiger partial charge on any atom is 0.339 e. The Morgan fingerprint density at radius 2 is 1.79 bits per heavy atom. The van der Waals surface area contributed by atoms with E-state index in [9.17, 15) is 14.7 Å². The first-order valence-electron chi connectivity index (χ1n) is 8.99. The van der Waals surface area contributed by atoms with Gasteiger partial charge in [0.25, 0.3) is 5.91 Å². The number of quaternary nitrogens is 1. The molecule has 0 saturated carbocycles. The van der Waals surface area contributed by atoms with Crippen LogP contribution in [-0.4, -0.2) is 54.9 Å². The van der Waals surface area contributed by atoms with Crippen LogP contribution in [0.3, 0.4) is 0 Å². The Balaban J connectivity index is 0.00000300. The highest BCUT2D eigenvalue weighted by molar-refractivity contribution is 6.04. The summed E-state index contributed by atoms with van der Waals surface area (Å²) in [6, 6.07) is 13.9. The van der Waals surface area contributed by atoms with Crippen LogP contribution in [0.15, 0.2) is 53.6 Å². The van der Waals surface area contributed by atoms with Gasteiger partial charge < -0.3 is 26.7 Å². The van der Waals surface area contributed by atoms with Crippen molar-refractivity contribution in [2.75, 3.05) is 27.7 Å². The molecule has 2 N–H and O–H groups in total. The van der Waals surface area contributed by atoms with Gasteiger partial charge in [0, 0.05) is 17.5 Å². The van der Waals surface area contributed by atoms with E-state index < -0.39 is 6.10 Å². The molecule has 2 aromatic carbocycles. The molecule has 1 amide bonds. The minimum Gasteiger partial charge on any atom is -1.00 e. The lowest BCUT2D eigenvalue weighted by Gasteiger charge is -2.22. The first kappa shape index (κ1) is 22.4. The molecular weight excluding hydrogens is 394 g/mol. The zero-order valence-electron chi connectivity index (χ0n) is 16.6. The van der Waals surface area contributed by atoms with E-state index in [4.69, 9.17) is 4.74 Å². The van der Waals surface area contributed by atoms with Gasteiger partial charge in [-0.25, -0.2) is 10.2 Å². The highest BCUT2D eigenvalue weighted by Gasteiger charge is 2.32. The molecule has 1 aliphatic heterocycles. The van der Waals surface area contributed by atoms with Gasteiger partial charge in [-0.15, -0.1) is 0 Å². The highest BCUT2D eigenvalue weighted by atomic mass is 35.5. The number of cyclic esters (lactones) is 1. The number of phenols is 1. The number of hydrogen-bond acceptors (Lipinski definition) is 5. The van der Waals surface area contributed by atoms with E-state index in [1.54, 1.807) is 36.4 Å². The molecule has 3 rings (SSSR count). The Morgan fingerprint density at radius 3 is 2.48 bits per heavy atom. The number of halogens is 1. The van der Waals surface area contributed by atoms with Gasteiger partial charge in [0.2, 0.25) is 0 Å². The quantitative estimate of drug-likeness (QED) is 0.279. The summed E-state index contributed by atoms with van der Waals surface area (Å²) in [5.74, 6) is -0.588. The Kier molecular flexibility index (Phi) is 7.00. The summed E-state index contributed by atoms with van der Waals surface area (Å²) in [6.07, 6.45) is -0.303. The Morgan fingerprint density at radius 1 is 1.14 bits per heavy atom. The standard InChI is InChI=1S/C21H23N3O4.ClH/c1-24(2,3)13-20(26)23-22-17(16-10-6-7-11-18(16)25)12-19-14-8-4-5-9-15(14)21(27)28-19;/h4-11,19H,12-13H2,1-3H3,(H-,22,23,25,26);1H. The van der Waals surface area contributed by atoms with Crippen molar-refractivity contribution in [1.29, 1.82) is 0 Å². The molecule has 7 nitrogen and oxygen atoms in total. The summed E-state index contributed by atoms with van der Waals surface area (Å²) in [4.78, 5) is 24.3. The van der Waals surface area contributed by atoms with Crippen LogP contribution in [-0.2, 0) is 9.53 Å². The number of fused-ring (bicyclic) bond motifs is 1. The summed E-state index contributed by atoms with van der Waals surface area (Å²) in [7, 11) is 5.71. The van der Waals surface area contributed by atoms with E-state index in [2.05, 4.69) is 10.5 Å². The largest absolute Gasteiger partial charge is 1.00 e. The van der Waals surface area contributed by atoms with Crippen molar-refractivity contribution in [3.8, 4) is 5.75 Å². The number of phenolic OH excluding ortho intramolecular Hbond substituents is 1. The maximum atomic E-state index is 12.2. The number of esters is 1. The number of carbonyl (C=O) groups is 2. The average molecular weight is 418 g/mol. The molecule has 0 fully saturated rings. The molecule has 0 radical (unpaired) electrons. The summed E-state index contributed by atoms with van der Waals surface area (Å²) >= 11 is 0. The lowest BCUT2D eigenvalue weighted by Crippen LogP contribution is -3.00. The second-order valence-corrected chi connectivity index (χ2v) is 7.74. The van der Waals surface area contributed by atoms with E-state index >= 15 is 0 Å². The SMILES string of the molecule is C[N+](C)(C)CC(=O)NN=C(CC1OC(=O)c2ccccc21)c1ccccc1O.[Cl-]. The number of hydrazone groups is 1. The van der Waals surface area contributed by atoms with E-state index in [1.165, 1.54) is 0 Å². The van der Waals surface area contributed by atoms with E-state index in [-0.39, 0.29) is 43.0 Å². The van der Waals surface area contributed by atoms with E-state index in [1.807, 2.05) is 33.3 Å². The first-order chi connectivity index (χ1) is 13.2. The monoisotopic (exact) mass is 417 g/mol. The van der Waals surface area contributed by atoms with E-state index in [0.717, 1.165) is 5.56 Å². The molecule has 0 spiro atoms. The van der Waals surface area contributed by atoms with Crippen LogP contribution in [0.5, 0.6) is 5.75 Å². The number of nitrogens with one attached hydrogen (secondary N) is 1. The van der Waals surface area contributed by atoms with Gasteiger partial charge >= 0.3 is 5.97 Å². The summed E-state index contributed by atoms with van der Waals surface area (Å²) in [5, 5.41) is 14.5. The average Bonchev–Trinajstić information content (AvgIpc) is 2.94. The molecular formula is C21H24ClN3O4. The van der Waals surface area contributed by atoms with E-state index in [0.29, 0.717) is 21.3 Å². The third-order valence-corrected chi connectivity index (χ3v) is 4.30. The highest BCUT2D eigenvalue weighted by Crippen LogP contribution is 2.34. The molecule has 0 saturated heterocycles. The Bertz CT molecular complexity index is 938. The van der Waals surface area contributed by atoms with Gasteiger partial charge in [0.1, 0.15) is 11.9 Å². The van der Waals surface area contributed by atoms with Crippen LogP contribution in [0.4, 0.5) is 0 Å². The van der Waals surface area contributed by atoms with Crippen LogP contribution >= 0.6 is 0 Å². The zero-order chi connectivity index (χ0) is 20.3. The lowest BCUT2D eigenvalue weighted by molar-refractivity contribution is -0.862. The Hall–Kier alpha value is -2.90. The normalized spacial score (nSPS) is 15.9. The molecule has 0 aromatic heterocycles. The molecule has 1 atom stereocenters. The van der Waals surface area contributed by atoms with Gasteiger partial charge in [-0.2, -0.15) is 5.10 Å². The number of amides is 1. The van der Waals surface area contributed by atoms with Crippen LogP contribution in [0.1, 0.15) is 34.0 Å². The van der Waals surface area contributed by atoms with Crippen LogP contribution in [0, 0.1) is 0 Å². The topological polar surface area (TPSA) is 88.0 Å². The van der Waals surface area contributed by atoms with Gasteiger partial charge in [-0.05, 0) is 18.2 Å². The fraction of sp³-hybridized carbons (Fsp3) is 0.286. The first-order valence-corrected chi connectivity index (χ1v) is 8.99. The molecule has 29 heavy (non-hydrogen) atoms. The lowest BCUT2D eigenvalue weighted by atomic mass is 9.97. The molecule has 0 bridgehead atoms. The number of likely N-dealkylation sites (N-methyl/N-ethyl adjacent to an activating group) is 1. The van der Waals surface area contributed by atoms with Gasteiger partial charge in [-0.3, -0.25) is 4.79 Å². The minimum atomic E-state index is -0.530. The maximum absolute atomic E-state index is 12.2. The molecule has 1 heterocycles. The number of benzene rings is 2. The molecule has 1 aliphatic rings. The summed E-state index contributed by atoms with van der Waals surface area (Å²) < 4.78 is 5.95. The van der Waals surface area contributed by atoms with Crippen molar-refractivity contribution in [1.82, 2.24) is 5.43 Å². The molecule has 154 valence electrons. The summed E-state index contributed by atoms with van der Waals surface area (Å²) in [5.41, 5.74) is 4.77. The number of ether oxygens (including phenoxy) is 1. The number of nitrogens with zero attached hydrogens (tertiary/aromatic N) is 2. The van der Waals surface area contributed by atoms with Crippen molar-refractivity contribution in [2.45, 2.75) is 12.5 Å². The predicted molar refractivity (Wildman–Crippen MR) is 105 cm³/mol. The molecule has 1 unspecified atom stereocenters. The second-order valence-electron chi connectivity index (χ2n) is 7.74. The fourth-order valence-electron chi connectivity index (χ4n) is 3.08. The number of hydrogen-bond donors (Lipinski definition) is 2. The van der Waals surface area contributed by atoms with Gasteiger partial charge in [0.15, 0.2) is 6.54 Å². The van der Waals surface area contributed by atoms with Gasteiger partial charge in [-0.1, -0.05) is 30.3 Å². The fourth-order valence-corrected chi connectivity index (χ4v) is 3.08. The van der Waals surface area contributed by atoms with Crippen LogP contribution in [0.2, 0.25) is 0 Å². The predicted octanol–water partition coefficient (Wildman–Crippen LogP) is -0.775. The molecule has 8 heteroatoms. The zero-order valence-corrected chi connectivity index (χ0v) is 17.3. The molecule has 2 aromatic rings. The minimum absolute atomic E-state index is 0. The number of rotatable bonds is 6.